The highest BCUT2D eigenvalue weighted by Gasteiger charge is 2.27. The Balaban J connectivity index is 2.49. The van der Waals surface area contributed by atoms with E-state index in [1.54, 1.807) is 0 Å². The Morgan fingerprint density at radius 1 is 1.20 bits per heavy atom. The summed E-state index contributed by atoms with van der Waals surface area (Å²) in [5, 5.41) is 19.4. The van der Waals surface area contributed by atoms with Crippen molar-refractivity contribution in [3.8, 4) is 0 Å². The van der Waals surface area contributed by atoms with E-state index < -0.39 is 5.60 Å². The zero-order chi connectivity index (χ0) is 22.5. The maximum atomic E-state index is 12.3. The average Bonchev–Trinajstić information content (AvgIpc) is 2.95. The first kappa shape index (κ1) is 24.4. The SMILES string of the molecule is CCn1c(CCC(=O)OC(C)(C)C)[n+](CC)c2cc(N(CCO)CCO)c(Cl)cc21. The van der Waals surface area contributed by atoms with E-state index in [4.69, 9.17) is 16.3 Å². The molecule has 2 N–H and O–H groups in total. The summed E-state index contributed by atoms with van der Waals surface area (Å²) in [5.74, 6) is 0.832. The average molecular weight is 441 g/mol. The monoisotopic (exact) mass is 440 g/mol. The first-order valence-corrected chi connectivity index (χ1v) is 11.0. The van der Waals surface area contributed by atoms with Crippen molar-refractivity contribution in [2.24, 2.45) is 0 Å². The number of hydrogen-bond acceptors (Lipinski definition) is 5. The van der Waals surface area contributed by atoms with Gasteiger partial charge in [-0.3, -0.25) is 4.79 Å². The lowest BCUT2D eigenvalue weighted by atomic mass is 10.2. The van der Waals surface area contributed by atoms with E-state index in [9.17, 15) is 15.0 Å². The van der Waals surface area contributed by atoms with Gasteiger partial charge in [-0.15, -0.1) is 0 Å². The van der Waals surface area contributed by atoms with Crippen LogP contribution in [0.15, 0.2) is 12.1 Å². The lowest BCUT2D eigenvalue weighted by molar-refractivity contribution is -0.676. The van der Waals surface area contributed by atoms with Crippen molar-refractivity contribution in [1.82, 2.24) is 4.57 Å². The molecule has 0 unspecified atom stereocenters. The largest absolute Gasteiger partial charge is 0.460 e. The van der Waals surface area contributed by atoms with Crippen LogP contribution in [-0.4, -0.2) is 52.7 Å². The highest BCUT2D eigenvalue weighted by Crippen LogP contribution is 2.31. The van der Waals surface area contributed by atoms with Crippen LogP contribution in [0.4, 0.5) is 5.69 Å². The van der Waals surface area contributed by atoms with Gasteiger partial charge in [-0.05, 0) is 34.6 Å². The molecule has 168 valence electrons. The molecule has 0 radical (unpaired) electrons. The number of halogens is 1. The second-order valence-electron chi connectivity index (χ2n) is 8.22. The first-order chi connectivity index (χ1) is 14.2. The lowest BCUT2D eigenvalue weighted by Gasteiger charge is -2.23. The Morgan fingerprint density at radius 2 is 1.83 bits per heavy atom. The Kier molecular flexibility index (Phi) is 8.52. The zero-order valence-electron chi connectivity index (χ0n) is 18.7. The number of fused-ring (bicyclic) bond motifs is 1. The molecule has 0 spiro atoms. The van der Waals surface area contributed by atoms with Crippen LogP contribution in [-0.2, 0) is 29.0 Å². The molecule has 30 heavy (non-hydrogen) atoms. The number of aliphatic hydroxyl groups excluding tert-OH is 2. The number of nitrogens with zero attached hydrogens (tertiary/aromatic N) is 3. The summed E-state index contributed by atoms with van der Waals surface area (Å²) in [5.41, 5.74) is 2.29. The topological polar surface area (TPSA) is 78.8 Å². The Labute approximate surface area is 183 Å². The van der Waals surface area contributed by atoms with Gasteiger partial charge in [0.15, 0.2) is 11.0 Å². The predicted octanol–water partition coefficient (Wildman–Crippen LogP) is 2.69. The van der Waals surface area contributed by atoms with Gasteiger partial charge in [0, 0.05) is 25.2 Å². The summed E-state index contributed by atoms with van der Waals surface area (Å²) in [6.45, 7) is 12.0. The first-order valence-electron chi connectivity index (χ1n) is 10.6. The molecule has 0 bridgehead atoms. The van der Waals surface area contributed by atoms with Crippen LogP contribution in [0.5, 0.6) is 0 Å². The number of aryl methyl sites for hydroxylation is 2. The van der Waals surface area contributed by atoms with Crippen LogP contribution in [0.1, 0.15) is 46.9 Å². The highest BCUT2D eigenvalue weighted by molar-refractivity contribution is 6.34. The normalized spacial score (nSPS) is 11.9. The Bertz CT molecular complexity index is 868. The van der Waals surface area contributed by atoms with Gasteiger partial charge < -0.3 is 19.8 Å². The van der Waals surface area contributed by atoms with Gasteiger partial charge in [0.1, 0.15) is 5.60 Å². The minimum Gasteiger partial charge on any atom is -0.460 e. The van der Waals surface area contributed by atoms with Crippen molar-refractivity contribution in [1.29, 1.82) is 0 Å². The fourth-order valence-electron chi connectivity index (χ4n) is 3.81. The molecule has 0 fully saturated rings. The molecule has 0 atom stereocenters. The molecule has 1 aromatic carbocycles. The Hall–Kier alpha value is -1.83. The molecule has 7 nitrogen and oxygen atoms in total. The molecule has 0 aliphatic heterocycles. The number of carbonyl (C=O) groups is 1. The van der Waals surface area contributed by atoms with Gasteiger partial charge in [-0.1, -0.05) is 11.6 Å². The predicted molar refractivity (Wildman–Crippen MR) is 119 cm³/mol. The molecule has 2 aromatic rings. The standard InChI is InChI=1S/C22H35ClN3O4/c1-6-25-18-14-16(23)17(24(10-12-27)11-13-28)15-19(18)26(7-2)20(25)8-9-21(29)30-22(3,4)5/h14-15,27-28H,6-13H2,1-5H3/q+1. The van der Waals surface area contributed by atoms with Gasteiger partial charge >= 0.3 is 5.97 Å². The van der Waals surface area contributed by atoms with Gasteiger partial charge in [-0.25, -0.2) is 9.13 Å². The molecule has 1 heterocycles. The van der Waals surface area contributed by atoms with Gasteiger partial charge in [0.2, 0.25) is 0 Å². The van der Waals surface area contributed by atoms with Crippen molar-refractivity contribution >= 4 is 34.3 Å². The van der Waals surface area contributed by atoms with E-state index in [0.717, 1.165) is 35.6 Å². The number of benzene rings is 1. The molecule has 8 heteroatoms. The smallest absolute Gasteiger partial charge is 0.306 e. The summed E-state index contributed by atoms with van der Waals surface area (Å²) < 4.78 is 9.85. The Morgan fingerprint density at radius 3 is 2.33 bits per heavy atom. The van der Waals surface area contributed by atoms with E-state index >= 15 is 0 Å². The minimum absolute atomic E-state index is 0.0285. The number of aliphatic hydroxyl groups is 2. The van der Waals surface area contributed by atoms with Crippen LogP contribution >= 0.6 is 11.6 Å². The van der Waals surface area contributed by atoms with E-state index in [1.807, 2.05) is 37.8 Å². The third kappa shape index (κ3) is 5.65. The second-order valence-corrected chi connectivity index (χ2v) is 8.62. The van der Waals surface area contributed by atoms with E-state index in [1.165, 1.54) is 0 Å². The van der Waals surface area contributed by atoms with E-state index in [-0.39, 0.29) is 19.2 Å². The fraction of sp³-hybridized carbons (Fsp3) is 0.636. The van der Waals surface area contributed by atoms with Crippen LogP contribution in [0.3, 0.4) is 0 Å². The van der Waals surface area contributed by atoms with Crippen LogP contribution in [0, 0.1) is 0 Å². The number of ether oxygens (including phenoxy) is 1. The molecule has 0 amide bonds. The van der Waals surface area contributed by atoms with Gasteiger partial charge in [-0.2, -0.15) is 0 Å². The minimum atomic E-state index is -0.499. The quantitative estimate of drug-likeness (QED) is 0.438. The van der Waals surface area contributed by atoms with Gasteiger partial charge in [0.25, 0.3) is 5.82 Å². The fourth-order valence-corrected chi connectivity index (χ4v) is 4.09. The zero-order valence-corrected chi connectivity index (χ0v) is 19.5. The van der Waals surface area contributed by atoms with Crippen molar-refractivity contribution in [2.45, 2.75) is 66.2 Å². The van der Waals surface area contributed by atoms with Crippen molar-refractivity contribution in [3.63, 3.8) is 0 Å². The van der Waals surface area contributed by atoms with Crippen molar-refractivity contribution < 1.29 is 24.3 Å². The van der Waals surface area contributed by atoms with Gasteiger partial charge in [0.05, 0.1) is 49.9 Å². The molecule has 0 saturated heterocycles. The number of carbonyl (C=O) groups excluding carboxylic acids is 1. The maximum Gasteiger partial charge on any atom is 0.306 e. The van der Waals surface area contributed by atoms with Crippen LogP contribution in [0.2, 0.25) is 5.02 Å². The van der Waals surface area contributed by atoms with Crippen molar-refractivity contribution in [3.05, 3.63) is 23.0 Å². The molecule has 0 aliphatic carbocycles. The molecule has 0 saturated carbocycles. The number of imidazole rings is 1. The lowest BCUT2D eigenvalue weighted by Crippen LogP contribution is -2.37. The van der Waals surface area contributed by atoms with Crippen molar-refractivity contribution in [2.75, 3.05) is 31.2 Å². The van der Waals surface area contributed by atoms with Crippen LogP contribution < -0.4 is 9.47 Å². The number of aromatic nitrogens is 2. The summed E-state index contributed by atoms with van der Waals surface area (Å²) in [7, 11) is 0. The molecule has 0 aliphatic rings. The maximum absolute atomic E-state index is 12.3. The summed E-state index contributed by atoms with van der Waals surface area (Å²) in [4.78, 5) is 14.2. The third-order valence-corrected chi connectivity index (χ3v) is 5.24. The molecule has 1 aromatic heterocycles. The summed E-state index contributed by atoms with van der Waals surface area (Å²) in [6.07, 6.45) is 0.866. The van der Waals surface area contributed by atoms with E-state index in [2.05, 4.69) is 23.0 Å². The molecule has 2 rings (SSSR count). The van der Waals surface area contributed by atoms with Crippen LogP contribution in [0.25, 0.3) is 11.0 Å². The number of rotatable bonds is 10. The third-order valence-electron chi connectivity index (χ3n) is 4.93. The second kappa shape index (κ2) is 10.5. The molecular formula is C22H35ClN3O4+. The number of anilines is 1. The van der Waals surface area contributed by atoms with E-state index in [0.29, 0.717) is 31.0 Å². The summed E-state index contributed by atoms with van der Waals surface area (Å²) >= 11 is 6.60. The number of esters is 1. The number of hydrogen-bond donors (Lipinski definition) is 2. The summed E-state index contributed by atoms with van der Waals surface area (Å²) in [6, 6.07) is 3.94. The highest BCUT2D eigenvalue weighted by atomic mass is 35.5. The molecular weight excluding hydrogens is 406 g/mol.